The summed E-state index contributed by atoms with van der Waals surface area (Å²) < 4.78 is 5.04. The van der Waals surface area contributed by atoms with E-state index in [1.807, 2.05) is 0 Å². The fourth-order valence-electron chi connectivity index (χ4n) is 1.86. The molecule has 5 nitrogen and oxygen atoms in total. The maximum atomic E-state index is 11.9. The van der Waals surface area contributed by atoms with Gasteiger partial charge in [-0.15, -0.1) is 0 Å². The van der Waals surface area contributed by atoms with Crippen molar-refractivity contribution in [3.63, 3.8) is 0 Å². The van der Waals surface area contributed by atoms with E-state index < -0.39 is 5.91 Å². The average Bonchev–Trinajstić information content (AvgIpc) is 2.52. The van der Waals surface area contributed by atoms with E-state index in [1.54, 1.807) is 31.4 Å². The van der Waals surface area contributed by atoms with E-state index in [0.717, 1.165) is 5.56 Å². The number of hydrogen-bond donors (Lipinski definition) is 2. The summed E-state index contributed by atoms with van der Waals surface area (Å²) >= 11 is 11.7. The van der Waals surface area contributed by atoms with Crippen LogP contribution in [0.25, 0.3) is 0 Å². The number of benzene rings is 2. The topological polar surface area (TPSA) is 67.4 Å². The number of carbonyl (C=O) groups is 2. The second-order valence-electron chi connectivity index (χ2n) is 4.69. The van der Waals surface area contributed by atoms with Crippen molar-refractivity contribution in [1.29, 1.82) is 0 Å². The van der Waals surface area contributed by atoms with Crippen LogP contribution in [0.5, 0.6) is 5.75 Å². The average molecular weight is 353 g/mol. The Morgan fingerprint density at radius 1 is 1.00 bits per heavy atom. The summed E-state index contributed by atoms with van der Waals surface area (Å²) in [5.41, 5.74) is 5.71. The number of methoxy groups -OCH3 is 1. The zero-order valence-corrected chi connectivity index (χ0v) is 13.7. The van der Waals surface area contributed by atoms with Crippen LogP contribution in [0.2, 0.25) is 10.0 Å². The maximum absolute atomic E-state index is 11.9. The molecule has 2 rings (SSSR count). The Morgan fingerprint density at radius 3 is 2.17 bits per heavy atom. The van der Waals surface area contributed by atoms with Crippen molar-refractivity contribution in [3.8, 4) is 5.75 Å². The number of halogens is 2. The minimum atomic E-state index is -0.502. The largest absolute Gasteiger partial charge is 0.497 e. The van der Waals surface area contributed by atoms with Crippen LogP contribution in [0.1, 0.15) is 15.9 Å². The molecule has 2 N–H and O–H groups in total. The number of ether oxygens (including phenoxy) is 1. The minimum absolute atomic E-state index is 0.126. The smallest absolute Gasteiger partial charge is 0.269 e. The van der Waals surface area contributed by atoms with Gasteiger partial charge in [0.25, 0.3) is 5.91 Å². The van der Waals surface area contributed by atoms with Gasteiger partial charge in [-0.05, 0) is 35.9 Å². The van der Waals surface area contributed by atoms with Gasteiger partial charge in [0.1, 0.15) is 5.75 Å². The van der Waals surface area contributed by atoms with E-state index in [1.165, 1.54) is 18.2 Å². The first-order valence-corrected chi connectivity index (χ1v) is 7.42. The highest BCUT2D eigenvalue weighted by Crippen LogP contribution is 2.18. The van der Waals surface area contributed by atoms with Gasteiger partial charge in [-0.1, -0.05) is 35.3 Å². The molecule has 0 heterocycles. The molecule has 0 spiro atoms. The normalized spacial score (nSPS) is 10.0. The van der Waals surface area contributed by atoms with E-state index in [2.05, 4.69) is 10.9 Å². The number of rotatable bonds is 4. The molecule has 0 aliphatic rings. The highest BCUT2D eigenvalue weighted by atomic mass is 35.5. The molecule has 120 valence electrons. The lowest BCUT2D eigenvalue weighted by Crippen LogP contribution is -2.42. The maximum Gasteiger partial charge on any atom is 0.269 e. The Hall–Kier alpha value is -2.24. The number of nitrogens with one attached hydrogen (secondary N) is 2. The van der Waals surface area contributed by atoms with E-state index >= 15 is 0 Å². The van der Waals surface area contributed by atoms with Crippen LogP contribution in [-0.4, -0.2) is 18.9 Å². The molecule has 2 aromatic rings. The van der Waals surface area contributed by atoms with Crippen LogP contribution >= 0.6 is 23.2 Å². The molecule has 0 aliphatic carbocycles. The van der Waals surface area contributed by atoms with Gasteiger partial charge < -0.3 is 4.74 Å². The molecule has 0 aromatic heterocycles. The van der Waals surface area contributed by atoms with E-state index in [9.17, 15) is 9.59 Å². The van der Waals surface area contributed by atoms with Crippen LogP contribution in [0.15, 0.2) is 42.5 Å². The molecule has 2 aromatic carbocycles. The molecule has 23 heavy (non-hydrogen) atoms. The quantitative estimate of drug-likeness (QED) is 0.831. The van der Waals surface area contributed by atoms with Crippen molar-refractivity contribution in [2.45, 2.75) is 6.42 Å². The fourth-order valence-corrected chi connectivity index (χ4v) is 2.38. The van der Waals surface area contributed by atoms with E-state index in [0.29, 0.717) is 15.8 Å². The molecule has 0 radical (unpaired) electrons. The van der Waals surface area contributed by atoms with Crippen LogP contribution < -0.4 is 15.6 Å². The Balaban J connectivity index is 1.89. The summed E-state index contributed by atoms with van der Waals surface area (Å²) in [6, 6.07) is 11.5. The van der Waals surface area contributed by atoms with Gasteiger partial charge in [0.15, 0.2) is 0 Å². The summed E-state index contributed by atoms with van der Waals surface area (Å²) in [6.07, 6.45) is 0.126. The third-order valence-corrected chi connectivity index (χ3v) is 3.40. The first kappa shape index (κ1) is 17.1. The second kappa shape index (κ2) is 7.85. The molecule has 7 heteroatoms. The van der Waals surface area contributed by atoms with Crippen LogP contribution in [-0.2, 0) is 11.2 Å². The SMILES string of the molecule is COc1ccc(CC(=O)NNC(=O)c2cc(Cl)cc(Cl)c2)cc1. The molecule has 2 amide bonds. The van der Waals surface area contributed by atoms with Gasteiger partial charge >= 0.3 is 0 Å². The summed E-state index contributed by atoms with van der Waals surface area (Å²) in [5.74, 6) is -0.144. The fraction of sp³-hybridized carbons (Fsp3) is 0.125. The van der Waals surface area contributed by atoms with Crippen LogP contribution in [0.3, 0.4) is 0 Å². The number of carbonyl (C=O) groups excluding carboxylic acids is 2. The van der Waals surface area contributed by atoms with Crippen molar-refractivity contribution in [2.24, 2.45) is 0 Å². The molecule has 0 saturated heterocycles. The third-order valence-electron chi connectivity index (χ3n) is 2.96. The Morgan fingerprint density at radius 2 is 1.61 bits per heavy atom. The first-order chi connectivity index (χ1) is 11.0. The first-order valence-electron chi connectivity index (χ1n) is 6.66. The van der Waals surface area contributed by atoms with Gasteiger partial charge in [-0.3, -0.25) is 20.4 Å². The molecule has 0 aliphatic heterocycles. The predicted octanol–water partition coefficient (Wildman–Crippen LogP) is 3.01. The lowest BCUT2D eigenvalue weighted by atomic mass is 10.1. The number of hydrazine groups is 1. The summed E-state index contributed by atoms with van der Waals surface area (Å²) in [5, 5.41) is 0.680. The van der Waals surface area contributed by atoms with Gasteiger partial charge in [-0.2, -0.15) is 0 Å². The number of hydrogen-bond acceptors (Lipinski definition) is 3. The lowest BCUT2D eigenvalue weighted by molar-refractivity contribution is -0.121. The highest BCUT2D eigenvalue weighted by Gasteiger charge is 2.10. The second-order valence-corrected chi connectivity index (χ2v) is 5.56. The zero-order valence-electron chi connectivity index (χ0n) is 12.2. The monoisotopic (exact) mass is 352 g/mol. The molecular weight excluding hydrogens is 339 g/mol. The molecule has 0 fully saturated rings. The van der Waals surface area contributed by atoms with E-state index in [4.69, 9.17) is 27.9 Å². The van der Waals surface area contributed by atoms with Crippen molar-refractivity contribution in [3.05, 3.63) is 63.6 Å². The van der Waals surface area contributed by atoms with Crippen LogP contribution in [0, 0.1) is 0 Å². The van der Waals surface area contributed by atoms with Gasteiger partial charge in [0.2, 0.25) is 5.91 Å². The van der Waals surface area contributed by atoms with Crippen molar-refractivity contribution in [1.82, 2.24) is 10.9 Å². The van der Waals surface area contributed by atoms with Crippen molar-refractivity contribution in [2.75, 3.05) is 7.11 Å². The number of amides is 2. The molecule has 0 bridgehead atoms. The van der Waals surface area contributed by atoms with Crippen LogP contribution in [0.4, 0.5) is 0 Å². The highest BCUT2D eigenvalue weighted by molar-refractivity contribution is 6.35. The minimum Gasteiger partial charge on any atom is -0.497 e. The predicted molar refractivity (Wildman–Crippen MR) is 88.8 cm³/mol. The standard InChI is InChI=1S/C16H14Cl2N2O3/c1-23-14-4-2-10(3-5-14)6-15(21)19-20-16(22)11-7-12(17)9-13(18)8-11/h2-5,7-9H,6H2,1H3,(H,19,21)(H,20,22). The Bertz CT molecular complexity index is 698. The van der Waals surface area contributed by atoms with Gasteiger partial charge in [-0.25, -0.2) is 0 Å². The summed E-state index contributed by atoms with van der Waals surface area (Å²) in [6.45, 7) is 0. The third kappa shape index (κ3) is 5.16. The molecule has 0 unspecified atom stereocenters. The molecule has 0 saturated carbocycles. The lowest BCUT2D eigenvalue weighted by Gasteiger charge is -2.08. The summed E-state index contributed by atoms with van der Waals surface area (Å²) in [7, 11) is 1.57. The van der Waals surface area contributed by atoms with Gasteiger partial charge in [0, 0.05) is 15.6 Å². The zero-order chi connectivity index (χ0) is 16.8. The summed E-state index contributed by atoms with van der Waals surface area (Å²) in [4.78, 5) is 23.8. The van der Waals surface area contributed by atoms with Gasteiger partial charge in [0.05, 0.1) is 13.5 Å². The molecule has 0 atom stereocenters. The van der Waals surface area contributed by atoms with Crippen molar-refractivity contribution < 1.29 is 14.3 Å². The van der Waals surface area contributed by atoms with E-state index in [-0.39, 0.29) is 17.9 Å². The molecular formula is C16H14Cl2N2O3. The Kier molecular flexibility index (Phi) is 5.84. The Labute approximate surface area is 143 Å². The van der Waals surface area contributed by atoms with Crippen molar-refractivity contribution >= 4 is 35.0 Å².